The van der Waals surface area contributed by atoms with Crippen molar-refractivity contribution in [1.29, 1.82) is 0 Å². The summed E-state index contributed by atoms with van der Waals surface area (Å²) in [5.41, 5.74) is 2.65. The van der Waals surface area contributed by atoms with Gasteiger partial charge in [-0.1, -0.05) is 6.92 Å². The van der Waals surface area contributed by atoms with Crippen LogP contribution in [0.15, 0.2) is 10.9 Å². The highest BCUT2D eigenvalue weighted by Crippen LogP contribution is 2.33. The lowest BCUT2D eigenvalue weighted by molar-refractivity contribution is -0.134. The fourth-order valence-electron chi connectivity index (χ4n) is 5.27. The third-order valence-corrected chi connectivity index (χ3v) is 6.96. The molecule has 0 aromatic carbocycles. The highest BCUT2D eigenvalue weighted by atomic mass is 16.5. The Labute approximate surface area is 186 Å². The summed E-state index contributed by atoms with van der Waals surface area (Å²) in [7, 11) is 0. The fourth-order valence-corrected chi connectivity index (χ4v) is 5.27. The molecule has 0 aliphatic carbocycles. The van der Waals surface area contributed by atoms with Gasteiger partial charge in [0.2, 0.25) is 11.8 Å². The minimum absolute atomic E-state index is 0.0286. The molecule has 2 aromatic rings. The van der Waals surface area contributed by atoms with Crippen LogP contribution in [0.1, 0.15) is 74.9 Å². The van der Waals surface area contributed by atoms with Crippen molar-refractivity contribution in [2.45, 2.75) is 77.0 Å². The molecule has 32 heavy (non-hydrogen) atoms. The third kappa shape index (κ3) is 3.83. The normalized spacial score (nSPS) is 23.2. The molecule has 0 unspecified atom stereocenters. The lowest BCUT2D eigenvalue weighted by atomic mass is 10.1. The molecule has 2 aromatic heterocycles. The molecule has 2 atom stereocenters. The first-order chi connectivity index (χ1) is 15.5. The number of carbonyl (C=O) groups excluding carboxylic acids is 2. The Balaban J connectivity index is 1.40. The maximum Gasteiger partial charge on any atom is 0.276 e. The van der Waals surface area contributed by atoms with E-state index in [1.807, 2.05) is 17.9 Å². The summed E-state index contributed by atoms with van der Waals surface area (Å²) in [4.78, 5) is 46.8. The first-order valence-corrected chi connectivity index (χ1v) is 11.9. The molecule has 3 aliphatic heterocycles. The number of carbonyl (C=O) groups is 2. The summed E-state index contributed by atoms with van der Waals surface area (Å²) in [6.07, 6.45) is 6.05. The zero-order valence-corrected chi connectivity index (χ0v) is 18.6. The third-order valence-electron chi connectivity index (χ3n) is 6.96. The Morgan fingerprint density at radius 2 is 2.09 bits per heavy atom. The second-order valence-corrected chi connectivity index (χ2v) is 9.15. The molecule has 0 spiro atoms. The van der Waals surface area contributed by atoms with Crippen molar-refractivity contribution in [3.8, 4) is 0 Å². The average molecular weight is 442 g/mol. The lowest BCUT2D eigenvalue weighted by Crippen LogP contribution is -2.39. The lowest BCUT2D eigenvalue weighted by Gasteiger charge is -2.27. The van der Waals surface area contributed by atoms with Crippen molar-refractivity contribution in [2.75, 3.05) is 19.7 Å². The number of nitrogens with zero attached hydrogens (tertiary/aromatic N) is 4. The van der Waals surface area contributed by atoms with Gasteiger partial charge in [-0.25, -0.2) is 9.50 Å². The highest BCUT2D eigenvalue weighted by Gasteiger charge is 2.34. The summed E-state index contributed by atoms with van der Waals surface area (Å²) >= 11 is 0. The SMILES string of the molecule is CCCC(=O)N1CCc2c(nc3cc([C@@H]4CCCN4C(=O)C[C@H]4CCCO4)[nH]n3c2=O)C1. The van der Waals surface area contributed by atoms with Crippen molar-refractivity contribution in [1.82, 2.24) is 24.4 Å². The van der Waals surface area contributed by atoms with E-state index in [2.05, 4.69) is 5.10 Å². The van der Waals surface area contributed by atoms with Gasteiger partial charge in [-0.05, 0) is 38.5 Å². The smallest absolute Gasteiger partial charge is 0.276 e. The number of hydrogen-bond acceptors (Lipinski definition) is 5. The van der Waals surface area contributed by atoms with Gasteiger partial charge in [-0.2, -0.15) is 0 Å². The molecular formula is C23H31N5O4. The van der Waals surface area contributed by atoms with Gasteiger partial charge in [0.1, 0.15) is 0 Å². The van der Waals surface area contributed by atoms with Crippen molar-refractivity contribution < 1.29 is 14.3 Å². The number of ether oxygens (including phenoxy) is 1. The molecule has 5 heterocycles. The second kappa shape index (κ2) is 8.69. The zero-order chi connectivity index (χ0) is 22.2. The zero-order valence-electron chi connectivity index (χ0n) is 18.6. The Morgan fingerprint density at radius 1 is 1.22 bits per heavy atom. The van der Waals surface area contributed by atoms with Gasteiger partial charge in [-0.3, -0.25) is 19.5 Å². The van der Waals surface area contributed by atoms with Crippen molar-refractivity contribution in [3.63, 3.8) is 0 Å². The van der Waals surface area contributed by atoms with Gasteiger partial charge in [0.15, 0.2) is 5.65 Å². The van der Waals surface area contributed by atoms with Crippen LogP contribution in [0.25, 0.3) is 5.65 Å². The molecular weight excluding hydrogens is 410 g/mol. The van der Waals surface area contributed by atoms with Crippen LogP contribution in [0.4, 0.5) is 0 Å². The number of hydrogen-bond donors (Lipinski definition) is 1. The summed E-state index contributed by atoms with van der Waals surface area (Å²) in [6, 6.07) is 1.81. The molecule has 9 heteroatoms. The van der Waals surface area contributed by atoms with Gasteiger partial charge in [0.05, 0.1) is 36.5 Å². The first kappa shape index (κ1) is 21.2. The van der Waals surface area contributed by atoms with E-state index in [1.54, 1.807) is 4.90 Å². The molecule has 0 saturated carbocycles. The standard InChI is InChI=1S/C23H31N5O4/c1-2-5-21(29)26-10-8-16-18(14-26)24-20-13-17(25-28(20)23(16)31)19-7-3-9-27(19)22(30)12-15-6-4-11-32-15/h13,15,19,25H,2-12,14H2,1H3/t15-,19+/m1/s1. The number of rotatable bonds is 5. The van der Waals surface area contributed by atoms with E-state index >= 15 is 0 Å². The number of aromatic amines is 1. The number of nitrogens with one attached hydrogen (secondary N) is 1. The topological polar surface area (TPSA) is 100 Å². The predicted molar refractivity (Wildman–Crippen MR) is 117 cm³/mol. The molecule has 2 amide bonds. The Kier molecular flexibility index (Phi) is 5.75. The molecule has 172 valence electrons. The van der Waals surface area contributed by atoms with E-state index in [4.69, 9.17) is 9.72 Å². The van der Waals surface area contributed by atoms with E-state index in [-0.39, 0.29) is 29.5 Å². The van der Waals surface area contributed by atoms with Crippen LogP contribution in [0.2, 0.25) is 0 Å². The minimum Gasteiger partial charge on any atom is -0.378 e. The van der Waals surface area contributed by atoms with E-state index in [0.29, 0.717) is 49.3 Å². The van der Waals surface area contributed by atoms with Crippen LogP contribution in [0.5, 0.6) is 0 Å². The van der Waals surface area contributed by atoms with Crippen LogP contribution in [-0.2, 0) is 27.3 Å². The Bertz CT molecular complexity index is 1080. The highest BCUT2D eigenvalue weighted by molar-refractivity contribution is 5.77. The summed E-state index contributed by atoms with van der Waals surface area (Å²) < 4.78 is 7.15. The van der Waals surface area contributed by atoms with Crippen LogP contribution in [0, 0.1) is 0 Å². The Hall–Kier alpha value is -2.68. The van der Waals surface area contributed by atoms with Crippen LogP contribution in [-0.4, -0.2) is 62.0 Å². The van der Waals surface area contributed by atoms with Gasteiger partial charge in [-0.15, -0.1) is 0 Å². The monoisotopic (exact) mass is 441 g/mol. The molecule has 0 radical (unpaired) electrons. The quantitative estimate of drug-likeness (QED) is 0.764. The Morgan fingerprint density at radius 3 is 2.88 bits per heavy atom. The molecule has 9 nitrogen and oxygen atoms in total. The molecule has 2 fully saturated rings. The van der Waals surface area contributed by atoms with Crippen molar-refractivity contribution in [2.24, 2.45) is 0 Å². The second-order valence-electron chi connectivity index (χ2n) is 9.15. The van der Waals surface area contributed by atoms with Crippen LogP contribution in [0.3, 0.4) is 0 Å². The average Bonchev–Trinajstić information content (AvgIpc) is 3.54. The summed E-state index contributed by atoms with van der Waals surface area (Å²) in [5.74, 6) is 0.226. The minimum atomic E-state index is -0.103. The number of amides is 2. The summed E-state index contributed by atoms with van der Waals surface area (Å²) in [5, 5.41) is 3.22. The number of likely N-dealkylation sites (tertiary alicyclic amines) is 1. The summed E-state index contributed by atoms with van der Waals surface area (Å²) in [6.45, 7) is 4.39. The van der Waals surface area contributed by atoms with Gasteiger partial charge in [0, 0.05) is 37.7 Å². The van der Waals surface area contributed by atoms with Crippen molar-refractivity contribution in [3.05, 3.63) is 33.4 Å². The van der Waals surface area contributed by atoms with Gasteiger partial charge < -0.3 is 14.5 Å². The van der Waals surface area contributed by atoms with Gasteiger partial charge in [0.25, 0.3) is 5.56 Å². The van der Waals surface area contributed by atoms with Crippen LogP contribution >= 0.6 is 0 Å². The largest absolute Gasteiger partial charge is 0.378 e. The first-order valence-electron chi connectivity index (χ1n) is 11.9. The fraction of sp³-hybridized carbons (Fsp3) is 0.652. The van der Waals surface area contributed by atoms with E-state index in [9.17, 15) is 14.4 Å². The van der Waals surface area contributed by atoms with E-state index in [1.165, 1.54) is 4.52 Å². The number of fused-ring (bicyclic) bond motifs is 2. The maximum atomic E-state index is 13.1. The molecule has 1 N–H and O–H groups in total. The predicted octanol–water partition coefficient (Wildman–Crippen LogP) is 1.94. The molecule has 3 aliphatic rings. The van der Waals surface area contributed by atoms with Gasteiger partial charge >= 0.3 is 0 Å². The van der Waals surface area contributed by atoms with E-state index in [0.717, 1.165) is 50.9 Å². The molecule has 0 bridgehead atoms. The van der Waals surface area contributed by atoms with E-state index < -0.39 is 0 Å². The maximum absolute atomic E-state index is 13.1. The van der Waals surface area contributed by atoms with Crippen LogP contribution < -0.4 is 5.56 Å². The number of H-pyrrole nitrogens is 1. The number of aromatic nitrogens is 3. The van der Waals surface area contributed by atoms with Crippen molar-refractivity contribution >= 4 is 17.5 Å². The molecule has 5 rings (SSSR count). The molecule has 2 saturated heterocycles.